The fourth-order valence-electron chi connectivity index (χ4n) is 2.90. The van der Waals surface area contributed by atoms with Crippen molar-refractivity contribution in [3.05, 3.63) is 71.7 Å². The molecule has 174 valence electrons. The van der Waals surface area contributed by atoms with E-state index in [1.807, 2.05) is 0 Å². The molecule has 2 aromatic carbocycles. The Morgan fingerprint density at radius 3 is 2.42 bits per heavy atom. The van der Waals surface area contributed by atoms with Crippen molar-refractivity contribution in [2.75, 3.05) is 16.4 Å². The highest BCUT2D eigenvalue weighted by atomic mass is 32.2. The number of hydrogen-bond donors (Lipinski definition) is 2. The molecule has 3 aromatic rings. The van der Waals surface area contributed by atoms with Crippen LogP contribution in [0.1, 0.15) is 18.2 Å². The predicted molar refractivity (Wildman–Crippen MR) is 119 cm³/mol. The molecule has 1 unspecified atom stereocenters. The fraction of sp³-hybridized carbons (Fsp3) is 0.227. The van der Waals surface area contributed by atoms with Crippen molar-refractivity contribution in [3.8, 4) is 5.69 Å². The van der Waals surface area contributed by atoms with E-state index in [0.29, 0.717) is 11.4 Å². The smallest absolute Gasteiger partial charge is 0.325 e. The minimum absolute atomic E-state index is 0.0544. The summed E-state index contributed by atoms with van der Waals surface area (Å²) < 4.78 is 54.3. The third-order valence-corrected chi connectivity index (χ3v) is 5.62. The van der Waals surface area contributed by atoms with Gasteiger partial charge in [-0.15, -0.1) is 11.8 Å². The van der Waals surface area contributed by atoms with Gasteiger partial charge in [-0.3, -0.25) is 9.59 Å². The Morgan fingerprint density at radius 1 is 1.09 bits per heavy atom. The Hall–Kier alpha value is -3.34. The normalized spacial score (nSPS) is 12.3. The van der Waals surface area contributed by atoms with E-state index in [-0.39, 0.29) is 23.2 Å². The Labute approximate surface area is 191 Å². The first-order valence-corrected chi connectivity index (χ1v) is 10.8. The number of aryl methyl sites for hydroxylation is 1. The van der Waals surface area contributed by atoms with Gasteiger partial charge in [0, 0.05) is 11.8 Å². The number of anilines is 2. The topological polar surface area (TPSA) is 76.0 Å². The highest BCUT2D eigenvalue weighted by Gasteiger charge is 2.34. The van der Waals surface area contributed by atoms with E-state index >= 15 is 0 Å². The summed E-state index contributed by atoms with van der Waals surface area (Å²) in [4.78, 5) is 24.7. The van der Waals surface area contributed by atoms with Crippen molar-refractivity contribution in [1.29, 1.82) is 0 Å². The lowest BCUT2D eigenvalue weighted by molar-refractivity contribution is -0.137. The van der Waals surface area contributed by atoms with Gasteiger partial charge in [-0.05, 0) is 50.2 Å². The number of para-hydroxylation sites is 1. The highest BCUT2D eigenvalue weighted by molar-refractivity contribution is 8.01. The minimum Gasteiger partial charge on any atom is -0.325 e. The summed E-state index contributed by atoms with van der Waals surface area (Å²) >= 11 is 1.04. The van der Waals surface area contributed by atoms with Crippen LogP contribution < -0.4 is 10.6 Å². The van der Waals surface area contributed by atoms with Gasteiger partial charge in [0.05, 0.1) is 27.9 Å². The molecule has 6 nitrogen and oxygen atoms in total. The summed E-state index contributed by atoms with van der Waals surface area (Å²) in [5.41, 5.74) is -0.265. The van der Waals surface area contributed by atoms with Crippen LogP contribution >= 0.6 is 11.8 Å². The molecule has 0 fully saturated rings. The maximum absolute atomic E-state index is 13.4. The zero-order valence-electron chi connectivity index (χ0n) is 17.6. The predicted octanol–water partition coefficient (Wildman–Crippen LogP) is 5.04. The van der Waals surface area contributed by atoms with Gasteiger partial charge in [-0.2, -0.15) is 18.3 Å². The number of thioether (sulfide) groups is 1. The lowest BCUT2D eigenvalue weighted by atomic mass is 10.1. The van der Waals surface area contributed by atoms with Gasteiger partial charge in [-0.1, -0.05) is 12.1 Å². The third-order valence-electron chi connectivity index (χ3n) is 4.48. The molecule has 11 heteroatoms. The Morgan fingerprint density at radius 2 is 1.76 bits per heavy atom. The first-order valence-electron chi connectivity index (χ1n) is 9.76. The van der Waals surface area contributed by atoms with Crippen LogP contribution in [0.2, 0.25) is 0 Å². The van der Waals surface area contributed by atoms with Crippen LogP contribution in [-0.2, 0) is 15.8 Å². The Balaban J connectivity index is 1.66. The summed E-state index contributed by atoms with van der Waals surface area (Å²) in [7, 11) is 0. The quantitative estimate of drug-likeness (QED) is 0.465. The van der Waals surface area contributed by atoms with Gasteiger partial charge in [-0.25, -0.2) is 9.07 Å². The Kier molecular flexibility index (Phi) is 7.42. The molecule has 0 aliphatic heterocycles. The molecular weight excluding hydrogens is 460 g/mol. The van der Waals surface area contributed by atoms with Gasteiger partial charge in [0.15, 0.2) is 0 Å². The highest BCUT2D eigenvalue weighted by Crippen LogP contribution is 2.34. The standard InChI is InChI=1S/C22H20F4N4O2S/c1-13-11-19(30(29-13)18-6-4-3-5-17(18)22(24,25)26)28-21(32)14(2)33-12-20(31)27-16-9-7-15(23)8-10-16/h3-11,14H,12H2,1-2H3,(H,27,31)(H,28,32). The number of carbonyl (C=O) groups excluding carboxylic acids is 2. The largest absolute Gasteiger partial charge is 0.418 e. The van der Waals surface area contributed by atoms with E-state index in [2.05, 4.69) is 15.7 Å². The van der Waals surface area contributed by atoms with Crippen molar-refractivity contribution < 1.29 is 27.2 Å². The molecule has 2 amide bonds. The number of aromatic nitrogens is 2. The number of benzene rings is 2. The molecule has 0 radical (unpaired) electrons. The number of nitrogens with zero attached hydrogens (tertiary/aromatic N) is 2. The van der Waals surface area contributed by atoms with E-state index < -0.39 is 28.7 Å². The van der Waals surface area contributed by atoms with Crippen LogP contribution in [0.5, 0.6) is 0 Å². The zero-order chi connectivity index (χ0) is 24.2. The molecule has 2 N–H and O–H groups in total. The van der Waals surface area contributed by atoms with Gasteiger partial charge in [0.1, 0.15) is 11.6 Å². The average Bonchev–Trinajstić information content (AvgIpc) is 3.12. The maximum Gasteiger partial charge on any atom is 0.418 e. The van der Waals surface area contributed by atoms with Crippen molar-refractivity contribution in [1.82, 2.24) is 9.78 Å². The van der Waals surface area contributed by atoms with E-state index in [0.717, 1.165) is 22.5 Å². The lowest BCUT2D eigenvalue weighted by Crippen LogP contribution is -2.26. The van der Waals surface area contributed by atoms with Crippen LogP contribution in [0.4, 0.5) is 29.1 Å². The average molecular weight is 480 g/mol. The number of alkyl halides is 3. The SMILES string of the molecule is Cc1cc(NC(=O)C(C)SCC(=O)Nc2ccc(F)cc2)n(-c2ccccc2C(F)(F)F)n1. The first kappa shape index (κ1) is 24.3. The molecule has 0 aliphatic carbocycles. The minimum atomic E-state index is -4.60. The molecule has 0 aliphatic rings. The molecule has 0 bridgehead atoms. The van der Waals surface area contributed by atoms with E-state index in [1.165, 1.54) is 48.5 Å². The number of hydrogen-bond acceptors (Lipinski definition) is 4. The summed E-state index contributed by atoms with van der Waals surface area (Å²) in [6, 6.07) is 11.6. The third kappa shape index (κ3) is 6.35. The lowest BCUT2D eigenvalue weighted by Gasteiger charge is -2.16. The van der Waals surface area contributed by atoms with Crippen LogP contribution in [0.25, 0.3) is 5.69 Å². The van der Waals surface area contributed by atoms with Crippen molar-refractivity contribution in [2.24, 2.45) is 0 Å². The van der Waals surface area contributed by atoms with Crippen LogP contribution in [0, 0.1) is 12.7 Å². The van der Waals surface area contributed by atoms with Gasteiger partial charge in [0.25, 0.3) is 0 Å². The molecule has 33 heavy (non-hydrogen) atoms. The van der Waals surface area contributed by atoms with Crippen molar-refractivity contribution >= 4 is 35.1 Å². The fourth-order valence-corrected chi connectivity index (χ4v) is 3.59. The monoisotopic (exact) mass is 480 g/mol. The molecular formula is C22H20F4N4O2S. The van der Waals surface area contributed by atoms with Crippen LogP contribution in [0.3, 0.4) is 0 Å². The molecule has 1 atom stereocenters. The van der Waals surface area contributed by atoms with Crippen LogP contribution in [-0.4, -0.2) is 32.6 Å². The second-order valence-corrected chi connectivity index (χ2v) is 8.42. The molecule has 0 saturated carbocycles. The second-order valence-electron chi connectivity index (χ2n) is 7.10. The molecule has 1 heterocycles. The van der Waals surface area contributed by atoms with Gasteiger partial charge < -0.3 is 10.6 Å². The van der Waals surface area contributed by atoms with E-state index in [1.54, 1.807) is 13.8 Å². The number of nitrogens with one attached hydrogen (secondary N) is 2. The molecule has 1 aromatic heterocycles. The summed E-state index contributed by atoms with van der Waals surface area (Å²) in [6.07, 6.45) is -4.60. The summed E-state index contributed by atoms with van der Waals surface area (Å²) in [5.74, 6) is -1.29. The Bertz CT molecular complexity index is 1150. The molecule has 0 spiro atoms. The number of rotatable bonds is 7. The second kappa shape index (κ2) is 10.1. The van der Waals surface area contributed by atoms with Gasteiger partial charge in [0.2, 0.25) is 11.8 Å². The van der Waals surface area contributed by atoms with E-state index in [4.69, 9.17) is 0 Å². The molecule has 3 rings (SSSR count). The maximum atomic E-state index is 13.4. The molecule has 0 saturated heterocycles. The number of carbonyl (C=O) groups is 2. The van der Waals surface area contributed by atoms with Crippen LogP contribution in [0.15, 0.2) is 54.6 Å². The summed E-state index contributed by atoms with van der Waals surface area (Å²) in [6.45, 7) is 3.17. The summed E-state index contributed by atoms with van der Waals surface area (Å²) in [5, 5.41) is 8.59. The number of halogens is 4. The van der Waals surface area contributed by atoms with E-state index in [9.17, 15) is 27.2 Å². The van der Waals surface area contributed by atoms with Gasteiger partial charge >= 0.3 is 6.18 Å². The first-order chi connectivity index (χ1) is 15.5. The number of amides is 2. The van der Waals surface area contributed by atoms with Crippen molar-refractivity contribution in [2.45, 2.75) is 25.3 Å². The van der Waals surface area contributed by atoms with Crippen molar-refractivity contribution in [3.63, 3.8) is 0 Å². The zero-order valence-corrected chi connectivity index (χ0v) is 18.4.